The van der Waals surface area contributed by atoms with E-state index < -0.39 is 11.8 Å². The predicted octanol–water partition coefficient (Wildman–Crippen LogP) is 4.05. The van der Waals surface area contributed by atoms with Crippen LogP contribution >= 0.6 is 0 Å². The molecule has 1 aromatic heterocycles. The van der Waals surface area contributed by atoms with Crippen molar-refractivity contribution in [3.63, 3.8) is 0 Å². The van der Waals surface area contributed by atoms with E-state index in [1.54, 1.807) is 48.5 Å². The summed E-state index contributed by atoms with van der Waals surface area (Å²) in [6.45, 7) is 0.593. The molecule has 0 atom stereocenters. The number of rotatable bonds is 5. The Labute approximate surface area is 185 Å². The van der Waals surface area contributed by atoms with Gasteiger partial charge in [-0.3, -0.25) is 14.4 Å². The summed E-state index contributed by atoms with van der Waals surface area (Å²) in [5.74, 6) is -1.20. The summed E-state index contributed by atoms with van der Waals surface area (Å²) in [7, 11) is 0. The van der Waals surface area contributed by atoms with E-state index in [1.807, 2.05) is 0 Å². The number of aromatic nitrogens is 2. The molecule has 5 rings (SSSR count). The van der Waals surface area contributed by atoms with Gasteiger partial charge in [-0.05, 0) is 68.5 Å². The van der Waals surface area contributed by atoms with Crippen molar-refractivity contribution in [3.05, 3.63) is 77.1 Å². The van der Waals surface area contributed by atoms with Crippen molar-refractivity contribution in [1.29, 1.82) is 0 Å². The van der Waals surface area contributed by atoms with Crippen molar-refractivity contribution >= 4 is 34.4 Å². The number of nitrogens with zero attached hydrogens (tertiary/aromatic N) is 3. The van der Waals surface area contributed by atoms with Crippen molar-refractivity contribution in [1.82, 2.24) is 15.3 Å². The number of para-hydroxylation sites is 2. The molecule has 0 radical (unpaired) electrons. The van der Waals surface area contributed by atoms with Crippen LogP contribution in [0.15, 0.2) is 60.2 Å². The maximum atomic E-state index is 12.9. The monoisotopic (exact) mass is 426 g/mol. The molecule has 2 heterocycles. The highest BCUT2D eigenvalue weighted by Gasteiger charge is 2.40. The van der Waals surface area contributed by atoms with E-state index in [4.69, 9.17) is 0 Å². The van der Waals surface area contributed by atoms with Gasteiger partial charge in [0.1, 0.15) is 0 Å². The smallest absolute Gasteiger partial charge is 0.286 e. The van der Waals surface area contributed by atoms with Crippen molar-refractivity contribution in [2.24, 2.45) is 0 Å². The van der Waals surface area contributed by atoms with Crippen molar-refractivity contribution in [3.8, 4) is 0 Å². The summed E-state index contributed by atoms with van der Waals surface area (Å²) in [5.41, 5.74) is 3.49. The van der Waals surface area contributed by atoms with E-state index in [2.05, 4.69) is 21.4 Å². The van der Waals surface area contributed by atoms with Crippen LogP contribution in [-0.2, 0) is 0 Å². The SMILES string of the molecule is O=C(NCCC1=CCCCC1)c1ccc(N2C(=O)c3nc4ccccc4nc3C2=O)cc1. The number of imide groups is 1. The number of nitrogens with one attached hydrogen (secondary N) is 1. The maximum absolute atomic E-state index is 12.9. The standard InChI is InChI=1S/C25H22N4O3/c30-23(26-15-14-16-6-2-1-3-7-16)17-10-12-18(13-11-17)29-24(31)21-22(25(29)32)28-20-9-5-4-8-19(20)27-21/h4-6,8-13H,1-3,7,14-15H2,(H,26,30). The zero-order valence-corrected chi connectivity index (χ0v) is 17.5. The third kappa shape index (κ3) is 3.66. The van der Waals surface area contributed by atoms with Crippen LogP contribution in [0, 0.1) is 0 Å². The lowest BCUT2D eigenvalue weighted by molar-refractivity contribution is 0.0920. The number of hydrogen-bond acceptors (Lipinski definition) is 5. The summed E-state index contributed by atoms with van der Waals surface area (Å²) in [4.78, 5) is 48.0. The zero-order chi connectivity index (χ0) is 22.1. The predicted molar refractivity (Wildman–Crippen MR) is 121 cm³/mol. The Morgan fingerprint density at radius 3 is 2.16 bits per heavy atom. The highest BCUT2D eigenvalue weighted by molar-refractivity contribution is 6.33. The minimum Gasteiger partial charge on any atom is -0.352 e. The normalized spacial score (nSPS) is 15.6. The Bertz CT molecular complexity index is 1210. The molecule has 1 aliphatic carbocycles. The molecule has 3 aromatic rings. The number of allylic oxidation sites excluding steroid dienone is 1. The summed E-state index contributed by atoms with van der Waals surface area (Å²) in [6.07, 6.45) is 7.86. The summed E-state index contributed by atoms with van der Waals surface area (Å²) in [6, 6.07) is 13.5. The summed E-state index contributed by atoms with van der Waals surface area (Å²) >= 11 is 0. The Balaban J connectivity index is 1.29. The third-order valence-corrected chi connectivity index (χ3v) is 5.89. The molecule has 160 valence electrons. The van der Waals surface area contributed by atoms with Gasteiger partial charge in [-0.2, -0.15) is 0 Å². The van der Waals surface area contributed by atoms with Crippen LogP contribution in [0.3, 0.4) is 0 Å². The molecule has 3 amide bonds. The number of hydrogen-bond donors (Lipinski definition) is 1. The van der Waals surface area contributed by atoms with E-state index in [1.165, 1.54) is 18.4 Å². The second-order valence-corrected chi connectivity index (χ2v) is 8.02. The van der Waals surface area contributed by atoms with E-state index in [9.17, 15) is 14.4 Å². The maximum Gasteiger partial charge on any atom is 0.286 e. The van der Waals surface area contributed by atoms with Gasteiger partial charge in [-0.1, -0.05) is 23.8 Å². The summed E-state index contributed by atoms with van der Waals surface area (Å²) < 4.78 is 0. The van der Waals surface area contributed by atoms with Crippen LogP contribution in [0.25, 0.3) is 11.0 Å². The lowest BCUT2D eigenvalue weighted by atomic mass is 9.97. The van der Waals surface area contributed by atoms with Crippen molar-refractivity contribution < 1.29 is 14.4 Å². The van der Waals surface area contributed by atoms with Crippen LogP contribution in [0.2, 0.25) is 0 Å². The van der Waals surface area contributed by atoms with E-state index in [-0.39, 0.29) is 17.3 Å². The van der Waals surface area contributed by atoms with E-state index in [0.29, 0.717) is 28.8 Å². The largest absolute Gasteiger partial charge is 0.352 e. The molecule has 1 N–H and O–H groups in total. The van der Waals surface area contributed by atoms with Gasteiger partial charge in [-0.25, -0.2) is 14.9 Å². The van der Waals surface area contributed by atoms with Gasteiger partial charge >= 0.3 is 0 Å². The van der Waals surface area contributed by atoms with Gasteiger partial charge < -0.3 is 5.32 Å². The topological polar surface area (TPSA) is 92.3 Å². The number of benzene rings is 2. The average molecular weight is 426 g/mol. The number of fused-ring (bicyclic) bond motifs is 2. The molecule has 0 unspecified atom stereocenters. The highest BCUT2D eigenvalue weighted by atomic mass is 16.2. The molecular weight excluding hydrogens is 404 g/mol. The quantitative estimate of drug-likeness (QED) is 0.491. The van der Waals surface area contributed by atoms with E-state index >= 15 is 0 Å². The van der Waals surface area contributed by atoms with Crippen LogP contribution < -0.4 is 10.2 Å². The Morgan fingerprint density at radius 2 is 1.56 bits per heavy atom. The molecule has 2 aromatic carbocycles. The molecule has 7 heteroatoms. The van der Waals surface area contributed by atoms with Crippen LogP contribution in [0.1, 0.15) is 63.4 Å². The van der Waals surface area contributed by atoms with Gasteiger partial charge in [-0.15, -0.1) is 0 Å². The fourth-order valence-corrected chi connectivity index (χ4v) is 4.17. The first-order valence-electron chi connectivity index (χ1n) is 10.8. The third-order valence-electron chi connectivity index (χ3n) is 5.89. The Morgan fingerprint density at radius 1 is 0.906 bits per heavy atom. The molecule has 32 heavy (non-hydrogen) atoms. The average Bonchev–Trinajstić information content (AvgIpc) is 3.07. The van der Waals surface area contributed by atoms with Crippen LogP contribution in [0.5, 0.6) is 0 Å². The first-order chi connectivity index (χ1) is 15.6. The molecule has 0 saturated carbocycles. The molecule has 0 spiro atoms. The second kappa shape index (κ2) is 8.34. The minimum atomic E-state index is -0.513. The molecule has 1 aliphatic heterocycles. The van der Waals surface area contributed by atoms with Gasteiger partial charge in [0.25, 0.3) is 17.7 Å². The molecule has 0 saturated heterocycles. The number of carbonyl (C=O) groups is 3. The Hall–Kier alpha value is -3.87. The molecule has 0 bridgehead atoms. The summed E-state index contributed by atoms with van der Waals surface area (Å²) in [5, 5.41) is 2.94. The molecule has 2 aliphatic rings. The molecule has 0 fully saturated rings. The molecular formula is C25H22N4O3. The second-order valence-electron chi connectivity index (χ2n) is 8.02. The highest BCUT2D eigenvalue weighted by Crippen LogP contribution is 2.28. The van der Waals surface area contributed by atoms with Gasteiger partial charge in [0.15, 0.2) is 11.4 Å². The molecule has 7 nitrogen and oxygen atoms in total. The fraction of sp³-hybridized carbons (Fsp3) is 0.240. The van der Waals surface area contributed by atoms with Crippen LogP contribution in [0.4, 0.5) is 5.69 Å². The lowest BCUT2D eigenvalue weighted by Crippen LogP contribution is -2.30. The van der Waals surface area contributed by atoms with E-state index in [0.717, 1.165) is 24.2 Å². The minimum absolute atomic E-state index is 0.0486. The van der Waals surface area contributed by atoms with Crippen LogP contribution in [-0.4, -0.2) is 34.2 Å². The first kappa shape index (κ1) is 20.1. The van der Waals surface area contributed by atoms with Crippen molar-refractivity contribution in [2.45, 2.75) is 32.1 Å². The van der Waals surface area contributed by atoms with Gasteiger partial charge in [0.05, 0.1) is 16.7 Å². The van der Waals surface area contributed by atoms with Gasteiger partial charge in [0, 0.05) is 12.1 Å². The van der Waals surface area contributed by atoms with Crippen molar-refractivity contribution in [2.75, 3.05) is 11.4 Å². The number of carbonyl (C=O) groups excluding carboxylic acids is 3. The number of anilines is 1. The number of amides is 3. The zero-order valence-electron chi connectivity index (χ0n) is 17.5. The Kier molecular flexibility index (Phi) is 5.23. The fourth-order valence-electron chi connectivity index (χ4n) is 4.17. The lowest BCUT2D eigenvalue weighted by Gasteiger charge is -2.14. The van der Waals surface area contributed by atoms with Gasteiger partial charge in [0.2, 0.25) is 0 Å². The first-order valence-corrected chi connectivity index (χ1v) is 10.8.